The van der Waals surface area contributed by atoms with E-state index in [0.29, 0.717) is 37.6 Å². The van der Waals surface area contributed by atoms with Crippen molar-refractivity contribution in [3.05, 3.63) is 72.6 Å². The van der Waals surface area contributed by atoms with E-state index >= 15 is 0 Å². The van der Waals surface area contributed by atoms with Gasteiger partial charge in [0.25, 0.3) is 5.89 Å². The molecule has 37 heavy (non-hydrogen) atoms. The zero-order valence-corrected chi connectivity index (χ0v) is 20.2. The Morgan fingerprint density at radius 1 is 1.08 bits per heavy atom. The number of nitriles is 1. The number of anilines is 2. The van der Waals surface area contributed by atoms with E-state index in [2.05, 4.69) is 20.9 Å². The zero-order valence-electron chi connectivity index (χ0n) is 20.2. The summed E-state index contributed by atoms with van der Waals surface area (Å²) in [5.41, 5.74) is 3.88. The van der Waals surface area contributed by atoms with Crippen LogP contribution in [0.15, 0.2) is 75.8 Å². The first-order valence-corrected chi connectivity index (χ1v) is 12.1. The average Bonchev–Trinajstić information content (AvgIpc) is 3.68. The van der Waals surface area contributed by atoms with Crippen molar-refractivity contribution in [3.63, 3.8) is 0 Å². The third kappa shape index (κ3) is 4.23. The molecule has 0 bridgehead atoms. The van der Waals surface area contributed by atoms with Gasteiger partial charge in [-0.25, -0.2) is 4.98 Å². The largest absolute Gasteiger partial charge is 0.459 e. The topological polar surface area (TPSA) is 113 Å². The number of hydrogen-bond acceptors (Lipinski definition) is 7. The molecule has 0 spiro atoms. The van der Waals surface area contributed by atoms with Gasteiger partial charge in [-0.3, -0.25) is 4.79 Å². The molecule has 0 saturated carbocycles. The lowest BCUT2D eigenvalue weighted by Gasteiger charge is -2.31. The molecule has 3 aromatic heterocycles. The van der Waals surface area contributed by atoms with Gasteiger partial charge in [0.1, 0.15) is 11.9 Å². The van der Waals surface area contributed by atoms with Crippen molar-refractivity contribution >= 4 is 28.5 Å². The number of rotatable bonds is 5. The highest BCUT2D eigenvalue weighted by Crippen LogP contribution is 2.32. The number of hydrogen-bond donors (Lipinski definition) is 1. The molecule has 1 fully saturated rings. The summed E-state index contributed by atoms with van der Waals surface area (Å²) < 4.78 is 13.3. The number of aryl methyl sites for hydroxylation is 1. The zero-order chi connectivity index (χ0) is 25.4. The van der Waals surface area contributed by atoms with Crippen LogP contribution in [0.5, 0.6) is 0 Å². The lowest BCUT2D eigenvalue weighted by atomic mass is 9.95. The Labute approximate surface area is 213 Å². The predicted octanol–water partition coefficient (Wildman–Crippen LogP) is 5.22. The number of furan rings is 1. The third-order valence-electron chi connectivity index (χ3n) is 6.78. The molecule has 1 amide bonds. The standard InChI is InChI=1S/C28H24N6O3/c1-33-23-9-3-2-8-21(23)31-25(33)19-6-4-7-20(16-19)30-26(35)18-11-13-34(14-12-18)28-22(17-29)32-27(37-28)24-10-5-15-36-24/h2-10,15-16,18H,11-14H2,1H3,(H,30,35). The molecule has 6 rings (SSSR count). The van der Waals surface area contributed by atoms with Crippen molar-refractivity contribution in [2.75, 3.05) is 23.3 Å². The van der Waals surface area contributed by atoms with Crippen molar-refractivity contribution in [1.82, 2.24) is 14.5 Å². The molecule has 1 saturated heterocycles. The number of aromatic nitrogens is 3. The van der Waals surface area contributed by atoms with Crippen molar-refractivity contribution in [2.45, 2.75) is 12.8 Å². The molecule has 0 unspecified atom stereocenters. The Morgan fingerprint density at radius 2 is 1.92 bits per heavy atom. The van der Waals surface area contributed by atoms with Crippen LogP contribution in [0.3, 0.4) is 0 Å². The van der Waals surface area contributed by atoms with Crippen LogP contribution in [0.25, 0.3) is 34.1 Å². The van der Waals surface area contributed by atoms with E-state index in [9.17, 15) is 10.1 Å². The van der Waals surface area contributed by atoms with Gasteiger partial charge in [-0.15, -0.1) is 0 Å². The Balaban J connectivity index is 1.13. The minimum atomic E-state index is -0.145. The number of oxazole rings is 1. The van der Waals surface area contributed by atoms with Crippen LogP contribution in [0.4, 0.5) is 11.6 Å². The van der Waals surface area contributed by atoms with Crippen LogP contribution in [0.1, 0.15) is 18.5 Å². The van der Waals surface area contributed by atoms with E-state index < -0.39 is 0 Å². The monoisotopic (exact) mass is 492 g/mol. The number of carbonyl (C=O) groups excluding carboxylic acids is 1. The van der Waals surface area contributed by atoms with Crippen LogP contribution in [0, 0.1) is 17.2 Å². The van der Waals surface area contributed by atoms with Gasteiger partial charge in [0.2, 0.25) is 17.5 Å². The predicted molar refractivity (Wildman–Crippen MR) is 139 cm³/mol. The van der Waals surface area contributed by atoms with E-state index in [0.717, 1.165) is 28.1 Å². The van der Waals surface area contributed by atoms with Crippen LogP contribution in [-0.4, -0.2) is 33.5 Å². The highest BCUT2D eigenvalue weighted by atomic mass is 16.4. The highest BCUT2D eigenvalue weighted by Gasteiger charge is 2.29. The van der Waals surface area contributed by atoms with Crippen molar-refractivity contribution in [3.8, 4) is 29.1 Å². The van der Waals surface area contributed by atoms with Crippen LogP contribution < -0.4 is 10.2 Å². The first kappa shape index (κ1) is 22.6. The smallest absolute Gasteiger partial charge is 0.266 e. The summed E-state index contributed by atoms with van der Waals surface area (Å²) in [4.78, 5) is 24.1. The van der Waals surface area contributed by atoms with Gasteiger partial charge in [-0.1, -0.05) is 24.3 Å². The maximum Gasteiger partial charge on any atom is 0.266 e. The SMILES string of the molecule is Cn1c(-c2cccc(NC(=O)C3CCN(c4oc(-c5ccco5)nc4C#N)CC3)c2)nc2ccccc21. The van der Waals surface area contributed by atoms with Gasteiger partial charge >= 0.3 is 0 Å². The Hall–Kier alpha value is -4.84. The quantitative estimate of drug-likeness (QED) is 0.358. The molecule has 1 aliphatic rings. The Kier molecular flexibility index (Phi) is 5.69. The van der Waals surface area contributed by atoms with E-state index in [4.69, 9.17) is 13.8 Å². The Bertz CT molecular complexity index is 1620. The minimum absolute atomic E-state index is 0.0175. The first-order valence-electron chi connectivity index (χ1n) is 12.1. The first-order chi connectivity index (χ1) is 18.1. The molecule has 0 aliphatic carbocycles. The Morgan fingerprint density at radius 3 is 2.68 bits per heavy atom. The number of nitrogens with one attached hydrogen (secondary N) is 1. The van der Waals surface area contributed by atoms with Crippen molar-refractivity contribution in [1.29, 1.82) is 5.26 Å². The van der Waals surface area contributed by atoms with Gasteiger partial charge in [-0.2, -0.15) is 10.2 Å². The summed E-state index contributed by atoms with van der Waals surface area (Å²) in [6.07, 6.45) is 2.80. The molecule has 184 valence electrons. The average molecular weight is 493 g/mol. The van der Waals surface area contributed by atoms with Gasteiger partial charge in [-0.05, 0) is 49.2 Å². The van der Waals surface area contributed by atoms with E-state index in [1.54, 1.807) is 12.1 Å². The van der Waals surface area contributed by atoms with Crippen LogP contribution in [0.2, 0.25) is 0 Å². The fourth-order valence-corrected chi connectivity index (χ4v) is 4.83. The number of amides is 1. The number of nitrogens with zero attached hydrogens (tertiary/aromatic N) is 5. The second kappa shape index (κ2) is 9.32. The number of fused-ring (bicyclic) bond motifs is 1. The molecule has 0 radical (unpaired) electrons. The van der Waals surface area contributed by atoms with E-state index in [1.807, 2.05) is 60.5 Å². The van der Waals surface area contributed by atoms with E-state index in [1.165, 1.54) is 6.26 Å². The number of imidazole rings is 1. The molecule has 0 atom stereocenters. The molecule has 2 aromatic carbocycles. The fraction of sp³-hybridized carbons (Fsp3) is 0.214. The summed E-state index contributed by atoms with van der Waals surface area (Å²) in [6.45, 7) is 1.17. The number of piperidine rings is 1. The minimum Gasteiger partial charge on any atom is -0.459 e. The summed E-state index contributed by atoms with van der Waals surface area (Å²) in [5, 5.41) is 12.6. The third-order valence-corrected chi connectivity index (χ3v) is 6.78. The van der Waals surface area contributed by atoms with Crippen molar-refractivity contribution in [2.24, 2.45) is 13.0 Å². The lowest BCUT2D eigenvalue weighted by molar-refractivity contribution is -0.120. The maximum absolute atomic E-state index is 13.1. The second-order valence-corrected chi connectivity index (χ2v) is 9.08. The molecular formula is C28H24N6O3. The summed E-state index contributed by atoms with van der Waals surface area (Å²) in [6, 6.07) is 21.4. The van der Waals surface area contributed by atoms with Gasteiger partial charge in [0.05, 0.1) is 17.3 Å². The molecule has 4 heterocycles. The van der Waals surface area contributed by atoms with E-state index in [-0.39, 0.29) is 23.4 Å². The van der Waals surface area contributed by atoms with Gasteiger partial charge in [0, 0.05) is 37.3 Å². The summed E-state index contributed by atoms with van der Waals surface area (Å²) >= 11 is 0. The molecule has 5 aromatic rings. The fourth-order valence-electron chi connectivity index (χ4n) is 4.83. The molecule has 9 nitrogen and oxygen atoms in total. The number of para-hydroxylation sites is 2. The second-order valence-electron chi connectivity index (χ2n) is 9.08. The molecule has 9 heteroatoms. The van der Waals surface area contributed by atoms with Crippen molar-refractivity contribution < 1.29 is 13.6 Å². The summed E-state index contributed by atoms with van der Waals surface area (Å²) in [7, 11) is 1.99. The maximum atomic E-state index is 13.1. The molecular weight excluding hydrogens is 468 g/mol. The molecule has 1 N–H and O–H groups in total. The van der Waals surface area contributed by atoms with Gasteiger partial charge < -0.3 is 23.6 Å². The number of carbonyl (C=O) groups is 1. The molecule has 1 aliphatic heterocycles. The highest BCUT2D eigenvalue weighted by molar-refractivity contribution is 5.93. The number of benzene rings is 2. The normalized spacial score (nSPS) is 14.1. The summed E-state index contributed by atoms with van der Waals surface area (Å²) in [5.74, 6) is 1.85. The lowest BCUT2D eigenvalue weighted by Crippen LogP contribution is -2.38. The van der Waals surface area contributed by atoms with Crippen LogP contribution in [-0.2, 0) is 11.8 Å². The van der Waals surface area contributed by atoms with Gasteiger partial charge in [0.15, 0.2) is 5.76 Å². The van der Waals surface area contributed by atoms with Crippen LogP contribution >= 0.6 is 0 Å².